The largest absolute Gasteiger partial charge is 0.481 e. The Morgan fingerprint density at radius 3 is 2.79 bits per heavy atom. The van der Waals surface area contributed by atoms with Crippen molar-refractivity contribution in [3.8, 4) is 23.1 Å². The first-order chi connectivity index (χ1) is 14.0. The number of rotatable bonds is 5. The minimum Gasteiger partial charge on any atom is -0.481 e. The molecule has 0 spiro atoms. The summed E-state index contributed by atoms with van der Waals surface area (Å²) in [7, 11) is 1.59. The van der Waals surface area contributed by atoms with E-state index in [-0.39, 0.29) is 6.10 Å². The molecule has 1 atom stereocenters. The molecule has 1 aliphatic heterocycles. The zero-order valence-corrected chi connectivity index (χ0v) is 16.5. The summed E-state index contributed by atoms with van der Waals surface area (Å²) in [5, 5.41) is 9.14. The second-order valence-electron chi connectivity index (χ2n) is 6.84. The number of carboxylic acid groups (broad SMARTS) is 1. The number of hydrogen-bond donors (Lipinski definition) is 1. The Morgan fingerprint density at radius 2 is 2.14 bits per heavy atom. The quantitative estimate of drug-likeness (QED) is 0.696. The number of carbonyl (C=O) groups is 1. The van der Waals surface area contributed by atoms with Crippen molar-refractivity contribution in [3.63, 3.8) is 0 Å². The van der Waals surface area contributed by atoms with E-state index in [9.17, 15) is 4.79 Å². The third-order valence-corrected chi connectivity index (χ3v) is 4.99. The molecule has 0 radical (unpaired) electrons. The molecule has 3 aromatic rings. The van der Waals surface area contributed by atoms with Gasteiger partial charge in [-0.2, -0.15) is 4.98 Å². The molecule has 0 saturated carbocycles. The summed E-state index contributed by atoms with van der Waals surface area (Å²) in [6.45, 7) is 5.35. The Balaban J connectivity index is 1.72. The average Bonchev–Trinajstić information content (AvgIpc) is 3.33. The van der Waals surface area contributed by atoms with Gasteiger partial charge in [-0.25, -0.2) is 19.7 Å². The van der Waals surface area contributed by atoms with Crippen LogP contribution in [0.4, 0.5) is 4.79 Å². The van der Waals surface area contributed by atoms with Crippen LogP contribution in [0.1, 0.15) is 18.9 Å². The summed E-state index contributed by atoms with van der Waals surface area (Å²) < 4.78 is 13.2. The summed E-state index contributed by atoms with van der Waals surface area (Å²) in [5.74, 6) is 1.64. The van der Waals surface area contributed by atoms with Gasteiger partial charge in [0.05, 0.1) is 13.7 Å². The van der Waals surface area contributed by atoms with E-state index in [1.165, 1.54) is 11.2 Å². The number of hydrogen-bond acceptors (Lipinski definition) is 7. The van der Waals surface area contributed by atoms with E-state index in [0.29, 0.717) is 54.8 Å². The van der Waals surface area contributed by atoms with E-state index < -0.39 is 6.09 Å². The first-order valence-corrected chi connectivity index (χ1v) is 9.38. The SMILES string of the molecule is CCn1c(-c2cnc(OC)c(C)c2)nc2c(OC3CCN(C(=O)O)C3)ncnc21. The predicted octanol–water partition coefficient (Wildman–Crippen LogP) is 2.36. The standard InChI is InChI=1S/C19H22N6O4/c1-4-25-15(12-7-11(2)17(28-3)20-8-12)23-14-16(25)21-10-22-18(14)29-13-5-6-24(9-13)19(26)27/h7-8,10,13H,4-6,9H2,1-3H3,(H,26,27). The molecule has 29 heavy (non-hydrogen) atoms. The minimum atomic E-state index is -0.941. The van der Waals surface area contributed by atoms with Crippen molar-refractivity contribution in [2.75, 3.05) is 20.2 Å². The predicted molar refractivity (Wildman–Crippen MR) is 104 cm³/mol. The van der Waals surface area contributed by atoms with Crippen LogP contribution in [-0.2, 0) is 6.54 Å². The molecule has 152 valence electrons. The Bertz CT molecular complexity index is 1070. The monoisotopic (exact) mass is 398 g/mol. The Morgan fingerprint density at radius 1 is 1.31 bits per heavy atom. The maximum absolute atomic E-state index is 11.1. The lowest BCUT2D eigenvalue weighted by Crippen LogP contribution is -2.29. The number of likely N-dealkylation sites (tertiary alicyclic amines) is 1. The second-order valence-corrected chi connectivity index (χ2v) is 6.84. The summed E-state index contributed by atoms with van der Waals surface area (Å²) in [5.41, 5.74) is 2.95. The fraction of sp³-hybridized carbons (Fsp3) is 0.421. The normalized spacial score (nSPS) is 16.4. The molecule has 4 heterocycles. The van der Waals surface area contributed by atoms with Crippen LogP contribution < -0.4 is 9.47 Å². The number of amides is 1. The van der Waals surface area contributed by atoms with Gasteiger partial charge in [-0.05, 0) is 19.9 Å². The molecule has 0 aromatic carbocycles. The van der Waals surface area contributed by atoms with Crippen LogP contribution in [0.3, 0.4) is 0 Å². The van der Waals surface area contributed by atoms with Gasteiger partial charge in [0.15, 0.2) is 11.2 Å². The first-order valence-electron chi connectivity index (χ1n) is 9.38. The van der Waals surface area contributed by atoms with Gasteiger partial charge in [-0.3, -0.25) is 0 Å². The van der Waals surface area contributed by atoms with Crippen LogP contribution in [-0.4, -0.2) is 66.9 Å². The summed E-state index contributed by atoms with van der Waals surface area (Å²) in [6, 6.07) is 1.97. The van der Waals surface area contributed by atoms with Gasteiger partial charge in [0.25, 0.3) is 0 Å². The minimum absolute atomic E-state index is 0.260. The Hall–Kier alpha value is -3.43. The van der Waals surface area contributed by atoms with E-state index in [2.05, 4.69) is 15.0 Å². The summed E-state index contributed by atoms with van der Waals surface area (Å²) in [4.78, 5) is 30.2. The highest BCUT2D eigenvalue weighted by Crippen LogP contribution is 2.30. The average molecular weight is 398 g/mol. The number of fused-ring (bicyclic) bond motifs is 1. The molecule has 10 nitrogen and oxygen atoms in total. The summed E-state index contributed by atoms with van der Waals surface area (Å²) >= 11 is 0. The Kier molecular flexibility index (Phi) is 4.91. The number of pyridine rings is 1. The first kappa shape index (κ1) is 18.9. The van der Waals surface area contributed by atoms with Gasteiger partial charge in [-0.1, -0.05) is 0 Å². The number of nitrogens with zero attached hydrogens (tertiary/aromatic N) is 6. The van der Waals surface area contributed by atoms with Crippen LogP contribution >= 0.6 is 0 Å². The molecule has 1 N–H and O–H groups in total. The molecule has 1 amide bonds. The lowest BCUT2D eigenvalue weighted by Gasteiger charge is -2.13. The van der Waals surface area contributed by atoms with Gasteiger partial charge < -0.3 is 24.0 Å². The maximum Gasteiger partial charge on any atom is 0.407 e. The second kappa shape index (κ2) is 7.53. The number of aryl methyl sites for hydroxylation is 2. The Labute approximate surface area is 167 Å². The third-order valence-electron chi connectivity index (χ3n) is 4.99. The molecular formula is C19H22N6O4. The lowest BCUT2D eigenvalue weighted by molar-refractivity contribution is 0.145. The number of aromatic nitrogens is 5. The van der Waals surface area contributed by atoms with Gasteiger partial charge in [0.2, 0.25) is 11.8 Å². The van der Waals surface area contributed by atoms with Gasteiger partial charge in [0.1, 0.15) is 18.3 Å². The van der Waals surface area contributed by atoms with E-state index >= 15 is 0 Å². The molecule has 3 aromatic heterocycles. The molecule has 4 rings (SSSR count). The van der Waals surface area contributed by atoms with Gasteiger partial charge >= 0.3 is 6.09 Å². The zero-order chi connectivity index (χ0) is 20.5. The zero-order valence-electron chi connectivity index (χ0n) is 16.5. The molecule has 1 fully saturated rings. The van der Waals surface area contributed by atoms with Crippen molar-refractivity contribution in [2.45, 2.75) is 32.9 Å². The maximum atomic E-state index is 11.1. The van der Waals surface area contributed by atoms with Crippen molar-refractivity contribution in [3.05, 3.63) is 24.2 Å². The fourth-order valence-electron chi connectivity index (χ4n) is 3.58. The lowest BCUT2D eigenvalue weighted by atomic mass is 10.2. The van der Waals surface area contributed by atoms with E-state index in [1.54, 1.807) is 13.3 Å². The molecule has 1 aliphatic rings. The van der Waals surface area contributed by atoms with E-state index in [0.717, 1.165) is 11.1 Å². The van der Waals surface area contributed by atoms with Crippen LogP contribution in [0.2, 0.25) is 0 Å². The van der Waals surface area contributed by atoms with E-state index in [4.69, 9.17) is 19.6 Å². The molecule has 0 bridgehead atoms. The highest BCUT2D eigenvalue weighted by Gasteiger charge is 2.29. The van der Waals surface area contributed by atoms with Crippen molar-refractivity contribution in [2.24, 2.45) is 0 Å². The highest BCUT2D eigenvalue weighted by atomic mass is 16.5. The van der Waals surface area contributed by atoms with Crippen molar-refractivity contribution >= 4 is 17.3 Å². The molecular weight excluding hydrogens is 376 g/mol. The molecule has 0 aliphatic carbocycles. The topological polar surface area (TPSA) is 115 Å². The van der Waals surface area contributed by atoms with Crippen molar-refractivity contribution in [1.29, 1.82) is 0 Å². The van der Waals surface area contributed by atoms with Crippen molar-refractivity contribution < 1.29 is 19.4 Å². The van der Waals surface area contributed by atoms with Crippen LogP contribution in [0, 0.1) is 6.92 Å². The van der Waals surface area contributed by atoms with Crippen LogP contribution in [0.15, 0.2) is 18.6 Å². The smallest absolute Gasteiger partial charge is 0.407 e. The van der Waals surface area contributed by atoms with Crippen LogP contribution in [0.5, 0.6) is 11.8 Å². The number of imidazole rings is 1. The van der Waals surface area contributed by atoms with Gasteiger partial charge in [-0.15, -0.1) is 0 Å². The highest BCUT2D eigenvalue weighted by molar-refractivity contribution is 5.81. The fourth-order valence-corrected chi connectivity index (χ4v) is 3.58. The number of methoxy groups -OCH3 is 1. The number of ether oxygens (including phenoxy) is 2. The van der Waals surface area contributed by atoms with E-state index in [1.807, 2.05) is 24.5 Å². The van der Waals surface area contributed by atoms with Crippen LogP contribution in [0.25, 0.3) is 22.6 Å². The molecule has 10 heteroatoms. The van der Waals surface area contributed by atoms with Crippen molar-refractivity contribution in [1.82, 2.24) is 29.4 Å². The third kappa shape index (κ3) is 3.41. The van der Waals surface area contributed by atoms with Gasteiger partial charge in [0, 0.05) is 36.8 Å². The molecule has 1 saturated heterocycles. The summed E-state index contributed by atoms with van der Waals surface area (Å²) in [6.07, 6.45) is 2.57. The molecule has 1 unspecified atom stereocenters.